The smallest absolute Gasteiger partial charge is 0.122 e. The summed E-state index contributed by atoms with van der Waals surface area (Å²) in [5.74, 6) is 2.33. The lowest BCUT2D eigenvalue weighted by Gasteiger charge is -2.21. The fraction of sp³-hybridized carbons (Fsp3) is 0.600. The minimum Gasteiger partial charge on any atom is -0.493 e. The van der Waals surface area contributed by atoms with Crippen LogP contribution in [0, 0.1) is 5.92 Å². The SMILES string of the molecule is NC(CC1COc2ccccc21)C1CCCC1. The number of nitrogens with two attached hydrogens (primary N) is 1. The van der Waals surface area contributed by atoms with Crippen LogP contribution < -0.4 is 10.5 Å². The molecule has 1 saturated carbocycles. The Morgan fingerprint density at radius 1 is 1.24 bits per heavy atom. The Bertz CT molecular complexity index is 384. The van der Waals surface area contributed by atoms with Crippen molar-refractivity contribution in [2.45, 2.75) is 44.1 Å². The molecule has 2 nitrogen and oxygen atoms in total. The molecule has 0 aromatic heterocycles. The summed E-state index contributed by atoms with van der Waals surface area (Å²) in [6.45, 7) is 0.819. The molecular formula is C15H21NO. The maximum Gasteiger partial charge on any atom is 0.122 e. The van der Waals surface area contributed by atoms with Gasteiger partial charge in [0.05, 0.1) is 6.61 Å². The Hall–Kier alpha value is -1.02. The van der Waals surface area contributed by atoms with Crippen LogP contribution in [-0.4, -0.2) is 12.6 Å². The summed E-state index contributed by atoms with van der Waals surface area (Å²) < 4.78 is 5.72. The van der Waals surface area contributed by atoms with E-state index in [2.05, 4.69) is 18.2 Å². The summed E-state index contributed by atoms with van der Waals surface area (Å²) in [5.41, 5.74) is 7.72. The first-order valence-electron chi connectivity index (χ1n) is 6.82. The second kappa shape index (κ2) is 4.69. The van der Waals surface area contributed by atoms with Gasteiger partial charge in [-0.2, -0.15) is 0 Å². The monoisotopic (exact) mass is 231 g/mol. The van der Waals surface area contributed by atoms with E-state index in [1.807, 2.05) is 6.07 Å². The molecule has 0 spiro atoms. The van der Waals surface area contributed by atoms with Crippen molar-refractivity contribution in [2.75, 3.05) is 6.61 Å². The van der Waals surface area contributed by atoms with Gasteiger partial charge in [0, 0.05) is 17.5 Å². The van der Waals surface area contributed by atoms with E-state index in [-0.39, 0.29) is 0 Å². The molecule has 1 aromatic carbocycles. The van der Waals surface area contributed by atoms with Crippen molar-refractivity contribution in [3.8, 4) is 5.75 Å². The van der Waals surface area contributed by atoms with Gasteiger partial charge in [0.15, 0.2) is 0 Å². The van der Waals surface area contributed by atoms with Gasteiger partial charge in [0.25, 0.3) is 0 Å². The van der Waals surface area contributed by atoms with Crippen molar-refractivity contribution >= 4 is 0 Å². The molecule has 0 radical (unpaired) electrons. The number of hydrogen-bond donors (Lipinski definition) is 1. The summed E-state index contributed by atoms with van der Waals surface area (Å²) in [6, 6.07) is 8.75. The van der Waals surface area contributed by atoms with Crippen LogP contribution in [0.2, 0.25) is 0 Å². The lowest BCUT2D eigenvalue weighted by atomic mass is 9.87. The van der Waals surface area contributed by atoms with Gasteiger partial charge in [-0.1, -0.05) is 31.0 Å². The minimum atomic E-state index is 0.359. The van der Waals surface area contributed by atoms with Crippen LogP contribution in [0.25, 0.3) is 0 Å². The zero-order chi connectivity index (χ0) is 11.7. The molecule has 2 unspecified atom stereocenters. The minimum absolute atomic E-state index is 0.359. The zero-order valence-electron chi connectivity index (χ0n) is 10.3. The topological polar surface area (TPSA) is 35.2 Å². The van der Waals surface area contributed by atoms with Gasteiger partial charge in [-0.05, 0) is 31.2 Å². The molecule has 2 atom stereocenters. The molecule has 0 amide bonds. The molecule has 0 saturated heterocycles. The van der Waals surface area contributed by atoms with Crippen LogP contribution in [0.3, 0.4) is 0 Å². The Balaban J connectivity index is 1.66. The third-order valence-electron chi connectivity index (χ3n) is 4.36. The zero-order valence-corrected chi connectivity index (χ0v) is 10.3. The number of rotatable bonds is 3. The van der Waals surface area contributed by atoms with Gasteiger partial charge in [-0.3, -0.25) is 0 Å². The van der Waals surface area contributed by atoms with Crippen LogP contribution in [0.4, 0.5) is 0 Å². The number of para-hydroxylation sites is 1. The van der Waals surface area contributed by atoms with Crippen LogP contribution in [0.1, 0.15) is 43.6 Å². The molecule has 1 aliphatic carbocycles. The second-order valence-corrected chi connectivity index (χ2v) is 5.49. The Morgan fingerprint density at radius 3 is 2.82 bits per heavy atom. The van der Waals surface area contributed by atoms with E-state index in [0.717, 1.165) is 24.7 Å². The molecule has 1 aromatic rings. The first kappa shape index (κ1) is 11.1. The highest BCUT2D eigenvalue weighted by atomic mass is 16.5. The number of ether oxygens (including phenoxy) is 1. The fourth-order valence-electron chi connectivity index (χ4n) is 3.33. The van der Waals surface area contributed by atoms with Gasteiger partial charge < -0.3 is 10.5 Å². The molecule has 17 heavy (non-hydrogen) atoms. The van der Waals surface area contributed by atoms with Crippen molar-refractivity contribution in [3.63, 3.8) is 0 Å². The van der Waals surface area contributed by atoms with E-state index in [4.69, 9.17) is 10.5 Å². The lowest BCUT2D eigenvalue weighted by Crippen LogP contribution is -2.30. The van der Waals surface area contributed by atoms with Gasteiger partial charge in [0.1, 0.15) is 5.75 Å². The van der Waals surface area contributed by atoms with Crippen molar-refractivity contribution < 1.29 is 4.74 Å². The molecule has 1 aliphatic heterocycles. The van der Waals surface area contributed by atoms with Crippen molar-refractivity contribution in [2.24, 2.45) is 11.7 Å². The predicted molar refractivity (Wildman–Crippen MR) is 69.2 cm³/mol. The predicted octanol–water partition coefficient (Wildman–Crippen LogP) is 3.07. The van der Waals surface area contributed by atoms with Crippen molar-refractivity contribution in [1.29, 1.82) is 0 Å². The third-order valence-corrected chi connectivity index (χ3v) is 4.36. The van der Waals surface area contributed by atoms with E-state index in [1.54, 1.807) is 0 Å². The molecule has 1 heterocycles. The first-order chi connectivity index (χ1) is 8.34. The molecule has 2 heteroatoms. The van der Waals surface area contributed by atoms with Crippen LogP contribution in [0.15, 0.2) is 24.3 Å². The van der Waals surface area contributed by atoms with Gasteiger partial charge in [0.2, 0.25) is 0 Å². The number of benzene rings is 1. The van der Waals surface area contributed by atoms with E-state index in [9.17, 15) is 0 Å². The Morgan fingerprint density at radius 2 is 2.00 bits per heavy atom. The molecule has 3 rings (SSSR count). The average molecular weight is 231 g/mol. The maximum absolute atomic E-state index is 6.36. The normalized spacial score (nSPS) is 25.6. The molecule has 1 fully saturated rings. The van der Waals surface area contributed by atoms with E-state index < -0.39 is 0 Å². The first-order valence-corrected chi connectivity index (χ1v) is 6.82. The van der Waals surface area contributed by atoms with Crippen LogP contribution >= 0.6 is 0 Å². The van der Waals surface area contributed by atoms with Crippen molar-refractivity contribution in [3.05, 3.63) is 29.8 Å². The highest BCUT2D eigenvalue weighted by Gasteiger charge is 2.29. The molecule has 2 aliphatic rings. The highest BCUT2D eigenvalue weighted by molar-refractivity contribution is 5.39. The maximum atomic E-state index is 6.36. The van der Waals surface area contributed by atoms with Crippen LogP contribution in [-0.2, 0) is 0 Å². The summed E-state index contributed by atoms with van der Waals surface area (Å²) in [5, 5.41) is 0. The lowest BCUT2D eigenvalue weighted by molar-refractivity contribution is 0.301. The highest BCUT2D eigenvalue weighted by Crippen LogP contribution is 2.38. The van der Waals surface area contributed by atoms with Gasteiger partial charge in [-0.15, -0.1) is 0 Å². The molecule has 2 N–H and O–H groups in total. The Labute approximate surface area is 103 Å². The average Bonchev–Trinajstić information content (AvgIpc) is 2.98. The summed E-state index contributed by atoms with van der Waals surface area (Å²) in [6.07, 6.45) is 6.49. The number of fused-ring (bicyclic) bond motifs is 1. The molecule has 92 valence electrons. The van der Waals surface area contributed by atoms with E-state index >= 15 is 0 Å². The largest absolute Gasteiger partial charge is 0.493 e. The molecule has 0 bridgehead atoms. The van der Waals surface area contributed by atoms with Gasteiger partial charge in [-0.25, -0.2) is 0 Å². The third kappa shape index (κ3) is 2.19. The summed E-state index contributed by atoms with van der Waals surface area (Å²) >= 11 is 0. The quantitative estimate of drug-likeness (QED) is 0.867. The summed E-state index contributed by atoms with van der Waals surface area (Å²) in [4.78, 5) is 0. The van der Waals surface area contributed by atoms with E-state index in [0.29, 0.717) is 12.0 Å². The second-order valence-electron chi connectivity index (χ2n) is 5.49. The van der Waals surface area contributed by atoms with Crippen molar-refractivity contribution in [1.82, 2.24) is 0 Å². The fourth-order valence-corrected chi connectivity index (χ4v) is 3.33. The van der Waals surface area contributed by atoms with Crippen LogP contribution in [0.5, 0.6) is 5.75 Å². The number of hydrogen-bond acceptors (Lipinski definition) is 2. The summed E-state index contributed by atoms with van der Waals surface area (Å²) in [7, 11) is 0. The molecular weight excluding hydrogens is 210 g/mol. The Kier molecular flexibility index (Phi) is 3.06. The standard InChI is InChI=1S/C15H21NO/c16-14(11-5-1-2-6-11)9-12-10-17-15-8-4-3-7-13(12)15/h3-4,7-8,11-12,14H,1-2,5-6,9-10,16H2. The van der Waals surface area contributed by atoms with E-state index in [1.165, 1.54) is 31.2 Å². The van der Waals surface area contributed by atoms with Gasteiger partial charge >= 0.3 is 0 Å².